The average molecular weight is 591 g/mol. The van der Waals surface area contributed by atoms with E-state index in [9.17, 15) is 19.6 Å². The van der Waals surface area contributed by atoms with Crippen LogP contribution in [0.4, 0.5) is 0 Å². The van der Waals surface area contributed by atoms with Crippen molar-refractivity contribution in [3.8, 4) is 5.75 Å². The van der Waals surface area contributed by atoms with Crippen LogP contribution >= 0.6 is 7.75 Å². The molecule has 0 spiro atoms. The Bertz CT molecular complexity index is 1370. The molecule has 6 atom stereocenters. The maximum atomic E-state index is 14.0. The van der Waals surface area contributed by atoms with E-state index < -0.39 is 50.3 Å². The maximum absolute atomic E-state index is 14.0. The van der Waals surface area contributed by atoms with Crippen molar-refractivity contribution in [3.05, 3.63) is 60.2 Å². The number of aliphatic hydroxyl groups is 2. The molecule has 3 heterocycles. The largest absolute Gasteiger partial charge is 0.464 e. The Morgan fingerprint density at radius 3 is 2.59 bits per heavy atom. The quantitative estimate of drug-likeness (QED) is 0.197. The topological polar surface area (TPSA) is 154 Å². The fourth-order valence-electron chi connectivity index (χ4n) is 4.67. The first-order valence-electron chi connectivity index (χ1n) is 13.8. The number of aryl methyl sites for hydroxylation is 1. The fourth-order valence-corrected chi connectivity index (χ4v) is 6.25. The van der Waals surface area contributed by atoms with Crippen LogP contribution in [-0.4, -0.2) is 67.8 Å². The van der Waals surface area contributed by atoms with Crippen molar-refractivity contribution in [3.63, 3.8) is 0 Å². The van der Waals surface area contributed by atoms with Gasteiger partial charge in [-0.1, -0.05) is 44.9 Å². The van der Waals surface area contributed by atoms with Crippen molar-refractivity contribution in [2.24, 2.45) is 5.92 Å². The Balaban J connectivity index is 1.51. The van der Waals surface area contributed by atoms with Crippen molar-refractivity contribution in [2.45, 2.75) is 77.4 Å². The molecule has 1 aliphatic rings. The van der Waals surface area contributed by atoms with E-state index in [0.29, 0.717) is 5.69 Å². The van der Waals surface area contributed by atoms with E-state index in [-0.39, 0.29) is 18.3 Å². The molecule has 0 aliphatic carbocycles. The first kappa shape index (κ1) is 31.1. The molecule has 3 N–H and O–H groups in total. The number of carbonyl (C=O) groups excluding carboxylic acids is 1. The number of aromatic nitrogens is 3. The van der Waals surface area contributed by atoms with Gasteiger partial charge in [0, 0.05) is 0 Å². The number of aliphatic hydroxyl groups excluding tert-OH is 2. The van der Waals surface area contributed by atoms with E-state index in [2.05, 4.69) is 15.2 Å². The van der Waals surface area contributed by atoms with E-state index in [1.165, 1.54) is 20.2 Å². The molecule has 1 aliphatic heterocycles. The van der Waals surface area contributed by atoms with Crippen molar-refractivity contribution in [1.82, 2.24) is 19.7 Å². The summed E-state index contributed by atoms with van der Waals surface area (Å²) in [5, 5.41) is 28.9. The molecule has 1 fully saturated rings. The number of esters is 1. The first-order valence-corrected chi connectivity index (χ1v) is 15.3. The number of hydrogen-bond donors (Lipinski definition) is 3. The van der Waals surface area contributed by atoms with Gasteiger partial charge in [-0.15, -0.1) is 0 Å². The third-order valence-electron chi connectivity index (χ3n) is 7.43. The van der Waals surface area contributed by atoms with Crippen molar-refractivity contribution in [1.29, 1.82) is 0 Å². The van der Waals surface area contributed by atoms with Crippen molar-refractivity contribution in [2.75, 3.05) is 13.2 Å². The molecule has 0 saturated carbocycles. The van der Waals surface area contributed by atoms with E-state index >= 15 is 0 Å². The number of benzene rings is 1. The van der Waals surface area contributed by atoms with Gasteiger partial charge in [0.1, 0.15) is 42.0 Å². The zero-order valence-electron chi connectivity index (χ0n) is 24.0. The number of carbonyl (C=O) groups is 1. The van der Waals surface area contributed by atoms with Gasteiger partial charge in [0.2, 0.25) is 0 Å². The first-order chi connectivity index (χ1) is 19.5. The molecular weight excluding hydrogens is 551 g/mol. The standard InChI is InChI=1S/C28H39N4O8P/c1-6-20(7-2)15-37-27(35)19(4)31-41(36,40-21-11-9-8-10-12-21)38-16-28(5)26(34)24(33)25(39-28)23-14-13-22-18(3)29-17-30-32(22)23/h8-14,17,19-20,24-26,33-34H,6-7,15-16H2,1-5H3,(H,31,36). The number of nitrogens with one attached hydrogen (secondary N) is 1. The summed E-state index contributed by atoms with van der Waals surface area (Å²) < 4.78 is 38.7. The number of ether oxygens (including phenoxy) is 2. The molecule has 2 aromatic heterocycles. The van der Waals surface area contributed by atoms with Crippen LogP contribution in [0, 0.1) is 12.8 Å². The molecule has 12 nitrogen and oxygen atoms in total. The number of hydrogen-bond acceptors (Lipinski definition) is 10. The third kappa shape index (κ3) is 6.97. The number of para-hydroxylation sites is 1. The van der Waals surface area contributed by atoms with Gasteiger partial charge in [0.25, 0.3) is 0 Å². The molecule has 13 heteroatoms. The summed E-state index contributed by atoms with van der Waals surface area (Å²) in [5.74, 6) is -0.136. The summed E-state index contributed by atoms with van der Waals surface area (Å²) in [4.78, 5) is 16.9. The molecular formula is C28H39N4O8P. The highest BCUT2D eigenvalue weighted by molar-refractivity contribution is 7.52. The second kappa shape index (κ2) is 13.0. The Kier molecular flexibility index (Phi) is 9.84. The Morgan fingerprint density at radius 1 is 1.20 bits per heavy atom. The van der Waals surface area contributed by atoms with Crippen LogP contribution in [0.1, 0.15) is 58.0 Å². The molecule has 224 valence electrons. The lowest BCUT2D eigenvalue weighted by atomic mass is 9.97. The zero-order chi connectivity index (χ0) is 29.8. The van der Waals surface area contributed by atoms with Gasteiger partial charge in [0.15, 0.2) is 0 Å². The molecule has 3 aromatic rings. The third-order valence-corrected chi connectivity index (χ3v) is 9.06. The normalized spacial score (nSPS) is 24.8. The SMILES string of the molecule is CCC(CC)COC(=O)C(C)NP(=O)(OCC1(C)OC(c2ccc3c(C)ncnn23)C(O)C1O)Oc1ccccc1. The summed E-state index contributed by atoms with van der Waals surface area (Å²) in [5.41, 5.74) is 0.486. The van der Waals surface area contributed by atoms with Crippen molar-refractivity contribution >= 4 is 19.2 Å². The predicted octanol–water partition coefficient (Wildman–Crippen LogP) is 3.75. The van der Waals surface area contributed by atoms with E-state index in [0.717, 1.165) is 24.1 Å². The summed E-state index contributed by atoms with van der Waals surface area (Å²) in [6, 6.07) is 10.9. The van der Waals surface area contributed by atoms with Gasteiger partial charge < -0.3 is 24.2 Å². The van der Waals surface area contributed by atoms with Crippen LogP contribution in [0.3, 0.4) is 0 Å². The van der Waals surface area contributed by atoms with Crippen LogP contribution in [0.15, 0.2) is 48.8 Å². The van der Waals surface area contributed by atoms with E-state index in [1.807, 2.05) is 20.8 Å². The highest BCUT2D eigenvalue weighted by Crippen LogP contribution is 2.48. The molecule has 1 saturated heterocycles. The number of fused-ring (bicyclic) bond motifs is 1. The molecule has 4 rings (SSSR count). The van der Waals surface area contributed by atoms with Crippen LogP contribution in [0.5, 0.6) is 5.75 Å². The monoisotopic (exact) mass is 590 g/mol. The Morgan fingerprint density at radius 2 is 1.90 bits per heavy atom. The highest BCUT2D eigenvalue weighted by atomic mass is 31.2. The lowest BCUT2D eigenvalue weighted by Crippen LogP contribution is -2.45. The summed E-state index contributed by atoms with van der Waals surface area (Å²) in [6.45, 7) is 8.73. The molecule has 1 aromatic carbocycles. The second-order valence-electron chi connectivity index (χ2n) is 10.5. The lowest BCUT2D eigenvalue weighted by Gasteiger charge is -2.30. The van der Waals surface area contributed by atoms with Crippen LogP contribution < -0.4 is 9.61 Å². The minimum atomic E-state index is -4.23. The molecule has 0 amide bonds. The van der Waals surface area contributed by atoms with Gasteiger partial charge in [-0.2, -0.15) is 10.2 Å². The predicted molar refractivity (Wildman–Crippen MR) is 150 cm³/mol. The van der Waals surface area contributed by atoms with Crippen LogP contribution in [0.2, 0.25) is 0 Å². The smallest absolute Gasteiger partial charge is 0.459 e. The average Bonchev–Trinajstić information content (AvgIpc) is 3.49. The summed E-state index contributed by atoms with van der Waals surface area (Å²) in [6.07, 6.45) is -0.581. The van der Waals surface area contributed by atoms with Gasteiger partial charge in [-0.3, -0.25) is 9.32 Å². The molecule has 0 radical (unpaired) electrons. The minimum Gasteiger partial charge on any atom is -0.464 e. The second-order valence-corrected chi connectivity index (χ2v) is 12.2. The summed E-state index contributed by atoms with van der Waals surface area (Å²) >= 11 is 0. The van der Waals surface area contributed by atoms with Gasteiger partial charge >= 0.3 is 13.7 Å². The zero-order valence-corrected chi connectivity index (χ0v) is 24.9. The molecule has 0 bridgehead atoms. The summed E-state index contributed by atoms with van der Waals surface area (Å²) in [7, 11) is -4.23. The minimum absolute atomic E-state index is 0.225. The maximum Gasteiger partial charge on any atom is 0.459 e. The Labute approximate surface area is 239 Å². The van der Waals surface area contributed by atoms with E-state index in [1.54, 1.807) is 47.0 Å². The Hall–Kier alpha value is -2.86. The van der Waals surface area contributed by atoms with E-state index in [4.69, 9.17) is 18.5 Å². The fraction of sp³-hybridized carbons (Fsp3) is 0.536. The van der Waals surface area contributed by atoms with Gasteiger partial charge in [-0.25, -0.2) is 14.1 Å². The number of rotatable bonds is 13. The highest BCUT2D eigenvalue weighted by Gasteiger charge is 2.54. The van der Waals surface area contributed by atoms with Crippen LogP contribution in [-0.2, 0) is 23.4 Å². The molecule has 6 unspecified atom stereocenters. The lowest BCUT2D eigenvalue weighted by molar-refractivity contribution is -0.146. The molecule has 41 heavy (non-hydrogen) atoms. The van der Waals surface area contributed by atoms with Crippen molar-refractivity contribution < 1.29 is 38.1 Å². The van der Waals surface area contributed by atoms with Crippen LogP contribution in [0.25, 0.3) is 5.52 Å². The number of nitrogens with zero attached hydrogens (tertiary/aromatic N) is 3. The van der Waals surface area contributed by atoms with Gasteiger partial charge in [-0.05, 0) is 51.0 Å². The van der Waals surface area contributed by atoms with Gasteiger partial charge in [0.05, 0.1) is 30.1 Å².